The molecule has 1 heterocycles. The van der Waals surface area contributed by atoms with Gasteiger partial charge in [0.15, 0.2) is 0 Å². The maximum Gasteiger partial charge on any atom is 0.315 e. The van der Waals surface area contributed by atoms with Crippen molar-refractivity contribution in [1.82, 2.24) is 15.2 Å². The molecule has 2 unspecified atom stereocenters. The van der Waals surface area contributed by atoms with E-state index in [9.17, 15) is 14.7 Å². The molecule has 1 aliphatic carbocycles. The van der Waals surface area contributed by atoms with Crippen LogP contribution in [0.3, 0.4) is 0 Å². The summed E-state index contributed by atoms with van der Waals surface area (Å²) in [5.74, 6) is 0. The normalized spacial score (nSPS) is 21.3. The number of aliphatic hydroxyl groups is 1. The number of rotatable bonds is 6. The van der Waals surface area contributed by atoms with Gasteiger partial charge in [0, 0.05) is 25.4 Å². The molecule has 1 aromatic heterocycles. The van der Waals surface area contributed by atoms with Crippen molar-refractivity contribution in [3.8, 4) is 0 Å². The average molecular weight is 307 g/mol. The summed E-state index contributed by atoms with van der Waals surface area (Å²) in [5, 5.41) is 15.4. The molecule has 122 valence electrons. The van der Waals surface area contributed by atoms with Crippen molar-refractivity contribution in [3.05, 3.63) is 34.7 Å². The van der Waals surface area contributed by atoms with Gasteiger partial charge >= 0.3 is 6.03 Å². The fourth-order valence-electron chi connectivity index (χ4n) is 2.75. The number of nitrogens with zero attached hydrogens (tertiary/aromatic N) is 1. The van der Waals surface area contributed by atoms with Crippen LogP contribution in [0.15, 0.2) is 29.2 Å². The molecular formula is C16H25N3O3. The molecule has 1 aromatic rings. The quantitative estimate of drug-likeness (QED) is 0.691. The van der Waals surface area contributed by atoms with Crippen LogP contribution in [0.4, 0.5) is 4.79 Å². The number of hydrogen-bond donors (Lipinski definition) is 3. The molecule has 3 N–H and O–H groups in total. The van der Waals surface area contributed by atoms with E-state index in [0.717, 1.165) is 38.5 Å². The molecule has 1 fully saturated rings. The van der Waals surface area contributed by atoms with Crippen molar-refractivity contribution < 1.29 is 9.90 Å². The zero-order chi connectivity index (χ0) is 15.8. The largest absolute Gasteiger partial charge is 0.391 e. The SMILES string of the molecule is O=C(NCCCCn1ccccc1=O)NC1CCCCC1O. The van der Waals surface area contributed by atoms with Crippen molar-refractivity contribution >= 4 is 6.03 Å². The zero-order valence-electron chi connectivity index (χ0n) is 12.8. The highest BCUT2D eigenvalue weighted by atomic mass is 16.3. The fourth-order valence-corrected chi connectivity index (χ4v) is 2.75. The summed E-state index contributed by atoms with van der Waals surface area (Å²) >= 11 is 0. The minimum Gasteiger partial charge on any atom is -0.391 e. The number of nitrogens with one attached hydrogen (secondary N) is 2. The summed E-state index contributed by atoms with van der Waals surface area (Å²) in [7, 11) is 0. The van der Waals surface area contributed by atoms with Gasteiger partial charge in [0.25, 0.3) is 0 Å². The number of amides is 2. The van der Waals surface area contributed by atoms with Crippen LogP contribution in [0.2, 0.25) is 0 Å². The zero-order valence-corrected chi connectivity index (χ0v) is 12.8. The first kappa shape index (κ1) is 16.5. The van der Waals surface area contributed by atoms with Gasteiger partial charge in [0.1, 0.15) is 0 Å². The van der Waals surface area contributed by atoms with E-state index >= 15 is 0 Å². The molecule has 22 heavy (non-hydrogen) atoms. The monoisotopic (exact) mass is 307 g/mol. The summed E-state index contributed by atoms with van der Waals surface area (Å²) in [6.07, 6.45) is 6.66. The summed E-state index contributed by atoms with van der Waals surface area (Å²) in [6.45, 7) is 1.22. The summed E-state index contributed by atoms with van der Waals surface area (Å²) < 4.78 is 1.67. The number of pyridine rings is 1. The maximum absolute atomic E-state index is 11.8. The predicted octanol–water partition coefficient (Wildman–Crippen LogP) is 1.23. The minimum atomic E-state index is -0.426. The Labute approximate surface area is 130 Å². The van der Waals surface area contributed by atoms with Gasteiger partial charge in [-0.1, -0.05) is 18.9 Å². The Kier molecular flexibility index (Phi) is 6.45. The van der Waals surface area contributed by atoms with Crippen molar-refractivity contribution in [2.24, 2.45) is 0 Å². The lowest BCUT2D eigenvalue weighted by atomic mass is 9.93. The number of aryl methyl sites for hydroxylation is 1. The van der Waals surface area contributed by atoms with Gasteiger partial charge in [-0.25, -0.2) is 4.79 Å². The molecule has 0 bridgehead atoms. The number of unbranched alkanes of at least 4 members (excludes halogenated alkanes) is 1. The Hall–Kier alpha value is -1.82. The number of urea groups is 1. The van der Waals surface area contributed by atoms with Crippen LogP contribution in [0, 0.1) is 0 Å². The first-order valence-electron chi connectivity index (χ1n) is 8.05. The van der Waals surface area contributed by atoms with Gasteiger partial charge in [0.2, 0.25) is 5.56 Å². The summed E-state index contributed by atoms with van der Waals surface area (Å²) in [5.41, 5.74) is -0.000474. The fraction of sp³-hybridized carbons (Fsp3) is 0.625. The lowest BCUT2D eigenvalue weighted by Gasteiger charge is -2.28. The van der Waals surface area contributed by atoms with Gasteiger partial charge in [-0.3, -0.25) is 4.79 Å². The Morgan fingerprint density at radius 1 is 1.27 bits per heavy atom. The van der Waals surface area contributed by atoms with Crippen LogP contribution >= 0.6 is 0 Å². The van der Waals surface area contributed by atoms with E-state index in [1.807, 2.05) is 6.07 Å². The molecule has 6 nitrogen and oxygen atoms in total. The van der Waals surface area contributed by atoms with Crippen molar-refractivity contribution in [3.63, 3.8) is 0 Å². The highest BCUT2D eigenvalue weighted by Gasteiger charge is 2.24. The Bertz CT molecular complexity index is 529. The standard InChI is InChI=1S/C16H25N3O3/c20-14-8-2-1-7-13(14)18-16(22)17-10-4-6-12-19-11-5-3-9-15(19)21/h3,5,9,11,13-14,20H,1-2,4,6-8,10,12H2,(H2,17,18,22). The second-order valence-corrected chi connectivity index (χ2v) is 5.80. The number of hydrogen-bond acceptors (Lipinski definition) is 3. The number of aromatic nitrogens is 1. The third kappa shape index (κ3) is 5.18. The van der Waals surface area contributed by atoms with Crippen LogP contribution in [-0.4, -0.2) is 34.4 Å². The molecule has 0 aliphatic heterocycles. The summed E-state index contributed by atoms with van der Waals surface area (Å²) in [4.78, 5) is 23.3. The van der Waals surface area contributed by atoms with Crippen molar-refractivity contribution in [1.29, 1.82) is 0 Å². The molecule has 0 radical (unpaired) electrons. The van der Waals surface area contributed by atoms with E-state index in [4.69, 9.17) is 0 Å². The van der Waals surface area contributed by atoms with Gasteiger partial charge < -0.3 is 20.3 Å². The second kappa shape index (κ2) is 8.58. The van der Waals surface area contributed by atoms with Gasteiger partial charge in [0.05, 0.1) is 12.1 Å². The van der Waals surface area contributed by atoms with Crippen molar-refractivity contribution in [2.75, 3.05) is 6.54 Å². The number of carbonyl (C=O) groups excluding carboxylic acids is 1. The topological polar surface area (TPSA) is 83.4 Å². The molecule has 0 spiro atoms. The van der Waals surface area contributed by atoms with Gasteiger partial charge in [-0.05, 0) is 31.7 Å². The molecule has 1 saturated carbocycles. The van der Waals surface area contributed by atoms with E-state index < -0.39 is 6.10 Å². The maximum atomic E-state index is 11.8. The second-order valence-electron chi connectivity index (χ2n) is 5.80. The lowest BCUT2D eigenvalue weighted by Crippen LogP contribution is -2.49. The van der Waals surface area contributed by atoms with Crippen LogP contribution < -0.4 is 16.2 Å². The van der Waals surface area contributed by atoms with Gasteiger partial charge in [-0.15, -0.1) is 0 Å². The first-order valence-corrected chi connectivity index (χ1v) is 8.05. The molecule has 0 saturated heterocycles. The Morgan fingerprint density at radius 2 is 2.09 bits per heavy atom. The van der Waals surface area contributed by atoms with Gasteiger partial charge in [-0.2, -0.15) is 0 Å². The lowest BCUT2D eigenvalue weighted by molar-refractivity contribution is 0.0943. The highest BCUT2D eigenvalue weighted by molar-refractivity contribution is 5.74. The van der Waals surface area contributed by atoms with Crippen LogP contribution in [0.1, 0.15) is 38.5 Å². The third-order valence-electron chi connectivity index (χ3n) is 4.06. The molecule has 0 aromatic carbocycles. The highest BCUT2D eigenvalue weighted by Crippen LogP contribution is 2.18. The first-order chi connectivity index (χ1) is 10.7. The smallest absolute Gasteiger partial charge is 0.315 e. The minimum absolute atomic E-state index is 0.000474. The molecule has 2 amide bonds. The number of aliphatic hydroxyl groups excluding tert-OH is 1. The third-order valence-corrected chi connectivity index (χ3v) is 4.06. The van der Waals surface area contributed by atoms with E-state index in [2.05, 4.69) is 10.6 Å². The van der Waals surface area contributed by atoms with Crippen LogP contribution in [-0.2, 0) is 6.54 Å². The molecule has 6 heteroatoms. The predicted molar refractivity (Wildman–Crippen MR) is 84.7 cm³/mol. The van der Waals surface area contributed by atoms with E-state index in [1.54, 1.807) is 22.9 Å². The Morgan fingerprint density at radius 3 is 2.86 bits per heavy atom. The molecule has 2 atom stereocenters. The average Bonchev–Trinajstić information content (AvgIpc) is 2.51. The van der Waals surface area contributed by atoms with E-state index in [-0.39, 0.29) is 17.6 Å². The molecule has 2 rings (SSSR count). The Balaban J connectivity index is 1.59. The van der Waals surface area contributed by atoms with Crippen molar-refractivity contribution in [2.45, 2.75) is 57.2 Å². The molecular weight excluding hydrogens is 282 g/mol. The van der Waals surface area contributed by atoms with Crippen LogP contribution in [0.25, 0.3) is 0 Å². The summed E-state index contributed by atoms with van der Waals surface area (Å²) in [6, 6.07) is 4.76. The van der Waals surface area contributed by atoms with E-state index in [0.29, 0.717) is 13.1 Å². The number of carbonyl (C=O) groups is 1. The van der Waals surface area contributed by atoms with Crippen LogP contribution in [0.5, 0.6) is 0 Å². The molecule has 1 aliphatic rings. The van der Waals surface area contributed by atoms with E-state index in [1.165, 1.54) is 0 Å².